The van der Waals surface area contributed by atoms with Gasteiger partial charge in [0, 0.05) is 17.4 Å². The summed E-state index contributed by atoms with van der Waals surface area (Å²) in [6.45, 7) is 0. The molecule has 0 amide bonds. The Labute approximate surface area is 137 Å². The maximum Gasteiger partial charge on any atom is 0.0777 e. The second kappa shape index (κ2) is 26.6. The van der Waals surface area contributed by atoms with Gasteiger partial charge in [0.15, 0.2) is 0 Å². The molecule has 0 atom stereocenters. The molecular formula is H15Cl3CrO18. The van der Waals surface area contributed by atoms with Crippen molar-refractivity contribution in [2.24, 2.45) is 0 Å². The van der Waals surface area contributed by atoms with Crippen molar-refractivity contribution in [3.63, 3.8) is 0 Å². The Balaban J connectivity index is -0.0000000106. The molecule has 0 aliphatic carbocycles. The number of hydrogen-bond donors (Lipinski definition) is 3. The topological polar surface area (TPSA) is 457 Å². The van der Waals surface area contributed by atoms with Crippen LogP contribution >= 0.6 is 0 Å². The third-order valence-corrected chi connectivity index (χ3v) is 0. The Hall–Kier alpha value is 0.682. The summed E-state index contributed by atoms with van der Waals surface area (Å²) in [6.07, 6.45) is 0. The van der Waals surface area contributed by atoms with Crippen molar-refractivity contribution in [3.8, 4) is 0 Å². The van der Waals surface area contributed by atoms with E-state index in [1.54, 1.807) is 0 Å². The molecular weight excluding hydrogens is 446 g/mol. The van der Waals surface area contributed by atoms with Crippen LogP contribution in [0.25, 0.3) is 0 Å². The van der Waals surface area contributed by atoms with Gasteiger partial charge >= 0.3 is 0 Å². The van der Waals surface area contributed by atoms with Crippen LogP contribution in [-0.2, 0) is 17.4 Å². The summed E-state index contributed by atoms with van der Waals surface area (Å²) in [4.78, 5) is 0. The molecule has 0 aromatic heterocycles. The molecule has 22 heteroatoms. The monoisotopic (exact) mass is 460 g/mol. The Bertz CT molecular complexity index is 93.4. The van der Waals surface area contributed by atoms with Crippen molar-refractivity contribution in [1.29, 1.82) is 0 Å². The van der Waals surface area contributed by atoms with Gasteiger partial charge in [-0.25, -0.2) is 0 Å². The molecule has 0 aliphatic heterocycles. The van der Waals surface area contributed by atoms with Crippen LogP contribution in [0.5, 0.6) is 0 Å². The molecule has 18 nitrogen and oxygen atoms in total. The Morgan fingerprint density at radius 3 is 0.364 bits per heavy atom. The van der Waals surface area contributed by atoms with E-state index in [0.29, 0.717) is 0 Å². The quantitative estimate of drug-likeness (QED) is 0.302. The Kier molecular flexibility index (Phi) is 80.1. The summed E-state index contributed by atoms with van der Waals surface area (Å²) in [7, 11) is -14.1. The third-order valence-electron chi connectivity index (χ3n) is 0. The van der Waals surface area contributed by atoms with Gasteiger partial charge in [0.2, 0.25) is 0 Å². The predicted octanol–water partition coefficient (Wildman–Crippen LogP) is -17.3. The number of hydrogen-bond acceptors (Lipinski definition) is 12. The van der Waals surface area contributed by atoms with Gasteiger partial charge in [-0.2, -0.15) is 41.9 Å². The molecule has 0 fully saturated rings. The van der Waals surface area contributed by atoms with Crippen LogP contribution in [0.1, 0.15) is 0 Å². The van der Waals surface area contributed by atoms with Gasteiger partial charge in [0.25, 0.3) is 0 Å². The SMILES string of the molecule is O.O.O.O.O.O.[Cr].[O-][Cl+3]([O-])([O-])O.[O-][Cl+3]([O-])([O-])O.[O-][Cl+3]([O-])([O-])O. The van der Waals surface area contributed by atoms with Crippen LogP contribution in [0.15, 0.2) is 0 Å². The minimum absolute atomic E-state index is 0. The van der Waals surface area contributed by atoms with Gasteiger partial charge in [-0.05, 0) is 0 Å². The average molecular weight is 461 g/mol. The maximum atomic E-state index is 8.60. The van der Waals surface area contributed by atoms with Crippen LogP contribution in [0.3, 0.4) is 0 Å². The second-order valence-electron chi connectivity index (χ2n) is 1.19. The predicted molar refractivity (Wildman–Crippen MR) is 28.3 cm³/mol. The molecule has 22 heavy (non-hydrogen) atoms. The van der Waals surface area contributed by atoms with Gasteiger partial charge in [0.1, 0.15) is 0 Å². The van der Waals surface area contributed by atoms with Crippen molar-refractivity contribution in [2.45, 2.75) is 0 Å². The molecule has 0 aromatic rings. The largest absolute Gasteiger partial charge is 0.412 e. The first-order valence-corrected chi connectivity index (χ1v) is 5.69. The minimum Gasteiger partial charge on any atom is -0.412 e. The second-order valence-corrected chi connectivity index (χ2v) is 3.56. The van der Waals surface area contributed by atoms with Gasteiger partial charge in [0.05, 0.1) is 44.7 Å². The van der Waals surface area contributed by atoms with Crippen LogP contribution < -0.4 is 41.9 Å². The molecule has 0 aromatic carbocycles. The first kappa shape index (κ1) is 66.3. The van der Waals surface area contributed by atoms with E-state index in [4.69, 9.17) is 55.9 Å². The fourth-order valence-electron chi connectivity index (χ4n) is 0. The summed E-state index contributed by atoms with van der Waals surface area (Å²) in [5.74, 6) is 0. The first-order valence-electron chi connectivity index (χ1n) is 1.90. The van der Waals surface area contributed by atoms with Crippen molar-refractivity contribution in [1.82, 2.24) is 0 Å². The number of rotatable bonds is 0. The molecule has 0 bridgehead atoms. The van der Waals surface area contributed by atoms with Crippen LogP contribution in [0, 0.1) is 30.7 Å². The van der Waals surface area contributed by atoms with Crippen LogP contribution in [0.4, 0.5) is 0 Å². The Morgan fingerprint density at radius 2 is 0.364 bits per heavy atom. The molecule has 0 saturated carbocycles. The zero-order valence-electron chi connectivity index (χ0n) is 9.56. The summed E-state index contributed by atoms with van der Waals surface area (Å²) in [6, 6.07) is 0. The standard InChI is InChI=1S/3ClHO4.Cr.6H2O/c3*2-1(3,4)5;;;;;;;/h3*(H,2,3,4,5);;6*1H2. The smallest absolute Gasteiger partial charge is 0.0777 e. The molecule has 0 spiro atoms. The first-order chi connectivity index (χ1) is 6.00. The molecule has 0 aliphatic rings. The third kappa shape index (κ3) is 17200. The normalized spacial score (nSPS) is 8.18. The summed E-state index contributed by atoms with van der Waals surface area (Å²) < 4.78 is 98.2. The fraction of sp³-hybridized carbons (Fsp3) is 0. The van der Waals surface area contributed by atoms with E-state index in [1.807, 2.05) is 0 Å². The van der Waals surface area contributed by atoms with E-state index < -0.39 is 30.7 Å². The van der Waals surface area contributed by atoms with Gasteiger partial charge in [-0.1, -0.05) is 0 Å². The fourth-order valence-corrected chi connectivity index (χ4v) is 0. The van der Waals surface area contributed by atoms with Crippen molar-refractivity contribution >= 4 is 0 Å². The van der Waals surface area contributed by atoms with E-state index in [-0.39, 0.29) is 50.2 Å². The van der Waals surface area contributed by atoms with Crippen LogP contribution in [-0.4, -0.2) is 46.8 Å². The molecule has 0 radical (unpaired) electrons. The van der Waals surface area contributed by atoms with Gasteiger partial charge in [-0.15, -0.1) is 0 Å². The van der Waals surface area contributed by atoms with E-state index in [1.165, 1.54) is 0 Å². The van der Waals surface area contributed by atoms with Crippen molar-refractivity contribution < 1.29 is 137 Å². The molecule has 0 heterocycles. The zero-order valence-corrected chi connectivity index (χ0v) is 13.1. The zero-order chi connectivity index (χ0) is 13.5. The van der Waals surface area contributed by atoms with E-state index in [0.717, 1.165) is 0 Å². The van der Waals surface area contributed by atoms with Crippen molar-refractivity contribution in [2.75, 3.05) is 0 Å². The van der Waals surface area contributed by atoms with E-state index >= 15 is 0 Å². The molecule has 150 valence electrons. The van der Waals surface area contributed by atoms with E-state index in [2.05, 4.69) is 0 Å². The molecule has 0 unspecified atom stereocenters. The minimum atomic E-state index is -4.69. The molecule has 0 rings (SSSR count). The summed E-state index contributed by atoms with van der Waals surface area (Å²) in [5, 5.41) is 0. The average Bonchev–Trinajstić information content (AvgIpc) is 1.41. The van der Waals surface area contributed by atoms with E-state index in [9.17, 15) is 0 Å². The molecule has 15 N–H and O–H groups in total. The number of halogens is 3. The van der Waals surface area contributed by atoms with Crippen molar-refractivity contribution in [3.05, 3.63) is 0 Å². The van der Waals surface area contributed by atoms with Crippen LogP contribution in [0.2, 0.25) is 0 Å². The Morgan fingerprint density at radius 1 is 0.364 bits per heavy atom. The summed E-state index contributed by atoms with van der Waals surface area (Å²) >= 11 is 0. The molecule has 0 saturated heterocycles. The van der Waals surface area contributed by atoms with Gasteiger partial charge in [-0.3, -0.25) is 0 Å². The maximum absolute atomic E-state index is 8.60. The summed E-state index contributed by atoms with van der Waals surface area (Å²) in [5.41, 5.74) is 0. The van der Waals surface area contributed by atoms with Gasteiger partial charge < -0.3 is 32.9 Å².